The van der Waals surface area contributed by atoms with Crippen LogP contribution < -0.4 is 32.7 Å². The Hall–Kier alpha value is -8.53. The van der Waals surface area contributed by atoms with Crippen molar-refractivity contribution in [1.82, 2.24) is 36.0 Å². The lowest BCUT2D eigenvalue weighted by atomic mass is 9.98. The first-order valence-corrected chi connectivity index (χ1v) is 54.6. The van der Waals surface area contributed by atoms with Crippen molar-refractivity contribution >= 4 is 65.5 Å². The molecule has 3 aliphatic carbocycles. The number of amides is 6. The number of nitrogens with zero attached hydrogens (tertiary/aromatic N) is 3. The van der Waals surface area contributed by atoms with Crippen molar-refractivity contribution in [2.24, 2.45) is 11.5 Å². The molecule has 9 atom stereocenters. The van der Waals surface area contributed by atoms with Crippen LogP contribution in [0, 0.1) is 34.9 Å². The highest BCUT2D eigenvalue weighted by molar-refractivity contribution is 7.92. The number of hydrogen-bond acceptors (Lipinski definition) is 22. The minimum Gasteiger partial charge on any atom is -0.446 e. The van der Waals surface area contributed by atoms with Crippen LogP contribution in [0.25, 0.3) is 0 Å². The largest absolute Gasteiger partial charge is 0.446 e. The van der Waals surface area contributed by atoms with E-state index in [0.717, 1.165) is 110 Å². The van der Waals surface area contributed by atoms with Crippen molar-refractivity contribution in [3.8, 4) is 0 Å². The highest BCUT2D eigenvalue weighted by Gasteiger charge is 2.44. The first-order chi connectivity index (χ1) is 65.6. The van der Waals surface area contributed by atoms with Gasteiger partial charge >= 0.3 is 18.3 Å². The van der Waals surface area contributed by atoms with Crippen LogP contribution in [0.2, 0.25) is 0 Å². The van der Waals surface area contributed by atoms with Crippen LogP contribution in [-0.4, -0.2) is 243 Å². The number of alkyl carbamates (subject to hydrolysis) is 3. The van der Waals surface area contributed by atoms with Gasteiger partial charge in [0.25, 0.3) is 0 Å². The van der Waals surface area contributed by atoms with Crippen molar-refractivity contribution in [1.29, 1.82) is 0 Å². The molecule has 0 radical (unpaired) electrons. The molecule has 9 rings (SSSR count). The van der Waals surface area contributed by atoms with Gasteiger partial charge in [-0.1, -0.05) is 149 Å². The third kappa shape index (κ3) is 39.8. The zero-order valence-corrected chi connectivity index (χ0v) is 84.1. The van der Waals surface area contributed by atoms with Gasteiger partial charge in [0, 0.05) is 87.9 Å². The van der Waals surface area contributed by atoms with Crippen LogP contribution in [0.1, 0.15) is 255 Å². The number of nitrogens with one attached hydrogen (secondary N) is 4. The number of aryl methyl sites for hydroxylation is 2. The molecule has 1 saturated heterocycles. The number of sulfone groups is 3. The van der Waals surface area contributed by atoms with Gasteiger partial charge in [0.05, 0.1) is 64.5 Å². The van der Waals surface area contributed by atoms with Gasteiger partial charge in [-0.15, -0.1) is 0 Å². The molecule has 5 aromatic rings. The van der Waals surface area contributed by atoms with Gasteiger partial charge in [0.1, 0.15) is 71.3 Å². The van der Waals surface area contributed by atoms with E-state index in [0.29, 0.717) is 147 Å². The Bertz CT molecular complexity index is 4850. The van der Waals surface area contributed by atoms with Crippen LogP contribution in [0.4, 0.5) is 40.7 Å². The summed E-state index contributed by atoms with van der Waals surface area (Å²) in [5.41, 5.74) is 16.8. The molecule has 1 aliphatic heterocycles. The van der Waals surface area contributed by atoms with E-state index >= 15 is 0 Å². The molecule has 138 heavy (non-hydrogen) atoms. The number of benzene rings is 5. The number of ether oxygens (including phenoxy) is 4. The first-order valence-electron chi connectivity index (χ1n) is 49.4. The van der Waals surface area contributed by atoms with Gasteiger partial charge in [0.15, 0.2) is 29.5 Å². The summed E-state index contributed by atoms with van der Waals surface area (Å²) in [6.07, 6.45) is 10.1. The SMILES string of the molecule is CCCC(CCC)S(=O)(=O)CC(NC(=O)OC1CCCC1)C(=O)N(Cc1cccc(CC)c1)C[C@@H](O)[C@H](Cc1cc(F)cc(F)c1)NC.CCCC(CCC)S(=O)(=O)CC(NC(=O)OC1CCCCC1)C(=O)N(Cc1cccc(CC)c1)C[C@@H](O)[C@@H](N)Cc1cc(F)cc(F)c1.CCCC(CCC)S(=O)(=O)CC(NC(=O)OC1CCOCC1)C(=O)N(C[C@@H](O)[C@@H](N)Cc1cc(F)cc(F)c1)C1CC1. The van der Waals surface area contributed by atoms with Gasteiger partial charge in [-0.25, -0.2) is 66.0 Å². The minimum absolute atomic E-state index is 0.00566. The average Bonchev–Trinajstić information content (AvgIpc) is 1.73. The molecule has 0 spiro atoms. The quantitative estimate of drug-likeness (QED) is 0.0129. The Morgan fingerprint density at radius 2 is 0.703 bits per heavy atom. The molecule has 1 heterocycles. The second-order valence-corrected chi connectivity index (χ2v) is 44.2. The third-order valence-corrected chi connectivity index (χ3v) is 32.5. The van der Waals surface area contributed by atoms with Gasteiger partial charge in [-0.2, -0.15) is 0 Å². The standard InChI is InChI=1S/2C36H53F2N3O6S.C29H45F2N3O7S/c1-5-11-31(12-6-2)48(45,46)24-33(40-36(44)47-30-15-8-9-16-30)35(43)41(22-26-14-10-13-25(7-3)17-26)23-34(42)32(39-4)20-27-18-28(37)21-29(38)19-27;1-4-11-31(12-5-2)48(45,46)24-33(40-36(44)47-30-15-8-7-9-16-30)35(43)41(22-26-14-10-13-25(6-3)17-26)23-34(42)32(39)20-27-18-28(37)21-29(38)19-27;1-3-5-24(6-4-2)42(38,39)18-26(33-29(37)41-23-9-11-40-12-10-23)28(36)34(22-7-8-22)17-27(35)25(32)15-19-13-20(30)16-21(31)14-19/h10,13-14,17-19,21,30-34,39,42H,5-9,11-12,15-16,20,22-24H2,1-4H3,(H,40,44);10,13-14,17-19,21,30-34,42H,4-9,11-12,15-16,20,22-24,39H2,1-3H3,(H,40,44);13-14,16,22-27,35H,3-12,15,17-18,32H2,1-2H3,(H,33,37)/t2*32-,33?,34+;25-,26?,27+/m000/s1. The Kier molecular flexibility index (Phi) is 49.6. The number of halogens is 6. The maximum atomic E-state index is 14.4. The lowest BCUT2D eigenvalue weighted by Gasteiger charge is -2.33. The van der Waals surface area contributed by atoms with E-state index in [-0.39, 0.29) is 81.4 Å². The summed E-state index contributed by atoms with van der Waals surface area (Å²) in [4.78, 5) is 85.9. The Morgan fingerprint density at radius 1 is 0.399 bits per heavy atom. The van der Waals surface area contributed by atoms with Gasteiger partial charge in [0.2, 0.25) is 17.7 Å². The molecule has 4 aliphatic rings. The highest BCUT2D eigenvalue weighted by Crippen LogP contribution is 2.32. The molecule has 37 heteroatoms. The van der Waals surface area contributed by atoms with Crippen molar-refractivity contribution in [3.63, 3.8) is 0 Å². The summed E-state index contributed by atoms with van der Waals surface area (Å²) in [5, 5.41) is 42.2. The van der Waals surface area contributed by atoms with Crippen molar-refractivity contribution in [3.05, 3.63) is 177 Å². The molecular formula is C101H151F6N9O19S3. The van der Waals surface area contributed by atoms with E-state index in [4.69, 9.17) is 30.4 Å². The second-order valence-electron chi connectivity index (χ2n) is 37.2. The fraction of sp³-hybridized carbons (Fsp3) is 0.644. The molecule has 774 valence electrons. The van der Waals surface area contributed by atoms with Gasteiger partial charge < -0.3 is 81.7 Å². The predicted octanol–water partition coefficient (Wildman–Crippen LogP) is 13.9. The third-order valence-electron chi connectivity index (χ3n) is 25.6. The smallest absolute Gasteiger partial charge is 0.408 e. The number of rotatable bonds is 53. The number of aliphatic hydroxyl groups excluding tert-OH is 3. The molecular weight excluding hydrogens is 1850 g/mol. The summed E-state index contributed by atoms with van der Waals surface area (Å²) < 4.78 is 187. The zero-order valence-electron chi connectivity index (χ0n) is 81.7. The van der Waals surface area contributed by atoms with Crippen molar-refractivity contribution < 1.29 is 115 Å². The van der Waals surface area contributed by atoms with E-state index in [1.807, 2.05) is 104 Å². The van der Waals surface area contributed by atoms with E-state index in [9.17, 15) is 95.7 Å². The van der Waals surface area contributed by atoms with Gasteiger partial charge in [-0.05, 0) is 217 Å². The van der Waals surface area contributed by atoms with Gasteiger partial charge in [-0.3, -0.25) is 14.4 Å². The molecule has 28 nitrogen and oxygen atoms in total. The Balaban J connectivity index is 0.000000282. The maximum Gasteiger partial charge on any atom is 0.408 e. The van der Waals surface area contributed by atoms with E-state index in [2.05, 4.69) is 21.3 Å². The molecule has 5 aromatic carbocycles. The van der Waals surface area contributed by atoms with E-state index < -0.39 is 194 Å². The highest BCUT2D eigenvalue weighted by atomic mass is 32.2. The Morgan fingerprint density at radius 3 is 1.03 bits per heavy atom. The Labute approximate surface area is 812 Å². The van der Waals surface area contributed by atoms with Crippen LogP contribution in [0.15, 0.2) is 103 Å². The second kappa shape index (κ2) is 58.8. The van der Waals surface area contributed by atoms with Crippen LogP contribution >= 0.6 is 0 Å². The summed E-state index contributed by atoms with van der Waals surface area (Å²) in [7, 11) is -9.90. The summed E-state index contributed by atoms with van der Waals surface area (Å²) in [6.45, 7) is 15.5. The lowest BCUT2D eigenvalue weighted by molar-refractivity contribution is -0.135. The molecule has 6 amide bonds. The topological polar surface area (TPSA) is 412 Å². The molecule has 4 fully saturated rings. The van der Waals surface area contributed by atoms with E-state index in [1.165, 1.54) is 26.8 Å². The predicted molar refractivity (Wildman–Crippen MR) is 520 cm³/mol. The van der Waals surface area contributed by atoms with Crippen molar-refractivity contribution in [2.45, 2.75) is 356 Å². The average molecular weight is 2010 g/mol. The molecule has 3 unspecified atom stereocenters. The minimum atomic E-state index is -3.86. The van der Waals surface area contributed by atoms with Crippen molar-refractivity contribution in [2.75, 3.05) is 57.2 Å². The normalized spacial score (nSPS) is 16.6. The number of nitrogens with two attached hydrogens (primary N) is 2. The molecule has 11 N–H and O–H groups in total. The summed E-state index contributed by atoms with van der Waals surface area (Å²) >= 11 is 0. The first kappa shape index (κ1) is 116. The number of aliphatic hydroxyl groups is 3. The monoisotopic (exact) mass is 2000 g/mol. The number of carbonyl (C=O) groups is 6. The fourth-order valence-corrected chi connectivity index (χ4v) is 24.5. The molecule has 0 aromatic heterocycles. The maximum absolute atomic E-state index is 14.4. The molecule has 0 bridgehead atoms. The van der Waals surface area contributed by atoms with Crippen LogP contribution in [0.3, 0.4) is 0 Å². The zero-order chi connectivity index (χ0) is 101. The lowest BCUT2D eigenvalue weighted by Crippen LogP contribution is -2.56. The van der Waals surface area contributed by atoms with Crippen LogP contribution in [0.5, 0.6) is 0 Å². The summed E-state index contributed by atoms with van der Waals surface area (Å²) in [6, 6.07) is 16.9. The van der Waals surface area contributed by atoms with E-state index in [1.54, 1.807) is 7.05 Å². The number of likely N-dealkylation sites (N-methyl/N-ethyl adjacent to an activating group) is 1. The number of carbonyl (C=O) groups excluding carboxylic acids is 6. The molecule has 3 saturated carbocycles. The summed E-state index contributed by atoms with van der Waals surface area (Å²) in [5.74, 6) is -8.48. The fourth-order valence-electron chi connectivity index (χ4n) is 18.0. The van der Waals surface area contributed by atoms with Crippen LogP contribution in [-0.2, 0) is 108 Å². The number of hydrogen-bond donors (Lipinski definition) is 9.